The maximum Gasteiger partial charge on any atom is 0.111 e. The Balaban J connectivity index is 1.99. The number of imidazole rings is 1. The summed E-state index contributed by atoms with van der Waals surface area (Å²) in [6.07, 6.45) is 6.39. The highest BCUT2D eigenvalue weighted by Crippen LogP contribution is 2.19. The summed E-state index contributed by atoms with van der Waals surface area (Å²) >= 11 is 0. The van der Waals surface area contributed by atoms with Crippen LogP contribution in [0.15, 0.2) is 12.4 Å². The molecule has 0 amide bonds. The van der Waals surface area contributed by atoms with Crippen molar-refractivity contribution in [1.29, 1.82) is 0 Å². The van der Waals surface area contributed by atoms with E-state index in [1.54, 1.807) is 0 Å². The number of rotatable bonds is 3. The van der Waals surface area contributed by atoms with Gasteiger partial charge in [-0.15, -0.1) is 0 Å². The first kappa shape index (κ1) is 10.7. The predicted octanol–water partition coefficient (Wildman–Crippen LogP) is 2.43. The topological polar surface area (TPSA) is 27.1 Å². The number of aromatic nitrogens is 2. The Labute approximate surface area is 91.5 Å². The Kier molecular flexibility index (Phi) is 3.41. The highest BCUT2D eigenvalue weighted by atomic mass is 16.5. The monoisotopic (exact) mass is 208 g/mol. The average molecular weight is 208 g/mol. The number of nitrogens with zero attached hydrogens (tertiary/aromatic N) is 2. The lowest BCUT2D eigenvalue weighted by Gasteiger charge is -2.23. The summed E-state index contributed by atoms with van der Waals surface area (Å²) in [5, 5.41) is 0. The van der Waals surface area contributed by atoms with Crippen LogP contribution in [0.25, 0.3) is 0 Å². The van der Waals surface area contributed by atoms with Gasteiger partial charge in [0.05, 0.1) is 0 Å². The molecule has 1 aliphatic rings. The Bertz CT molecular complexity index is 300. The molecule has 1 aliphatic heterocycles. The van der Waals surface area contributed by atoms with Gasteiger partial charge in [0, 0.05) is 38.1 Å². The average Bonchev–Trinajstić information content (AvgIpc) is 2.67. The van der Waals surface area contributed by atoms with Crippen LogP contribution in [-0.4, -0.2) is 22.8 Å². The molecule has 0 aliphatic carbocycles. The highest BCUT2D eigenvalue weighted by molar-refractivity contribution is 4.97. The van der Waals surface area contributed by atoms with E-state index in [0.29, 0.717) is 5.92 Å². The first-order valence-electron chi connectivity index (χ1n) is 5.86. The summed E-state index contributed by atoms with van der Waals surface area (Å²) in [7, 11) is 0. The molecule has 0 atom stereocenters. The zero-order valence-corrected chi connectivity index (χ0v) is 9.65. The molecule has 3 nitrogen and oxygen atoms in total. The van der Waals surface area contributed by atoms with E-state index in [-0.39, 0.29) is 0 Å². The van der Waals surface area contributed by atoms with E-state index >= 15 is 0 Å². The van der Waals surface area contributed by atoms with Gasteiger partial charge in [0.2, 0.25) is 0 Å². The minimum absolute atomic E-state index is 0.514. The van der Waals surface area contributed by atoms with Crippen LogP contribution < -0.4 is 0 Å². The van der Waals surface area contributed by atoms with Crippen molar-refractivity contribution in [2.75, 3.05) is 13.2 Å². The second-order valence-corrected chi connectivity index (χ2v) is 4.65. The summed E-state index contributed by atoms with van der Waals surface area (Å²) in [4.78, 5) is 4.41. The van der Waals surface area contributed by atoms with Crippen molar-refractivity contribution in [3.05, 3.63) is 18.2 Å². The molecule has 0 N–H and O–H groups in total. The third-order valence-electron chi connectivity index (χ3n) is 3.06. The van der Waals surface area contributed by atoms with Crippen LogP contribution in [0, 0.1) is 5.92 Å². The zero-order valence-electron chi connectivity index (χ0n) is 9.65. The molecule has 0 radical (unpaired) electrons. The van der Waals surface area contributed by atoms with Gasteiger partial charge in [0.25, 0.3) is 0 Å². The van der Waals surface area contributed by atoms with Crippen molar-refractivity contribution in [3.63, 3.8) is 0 Å². The van der Waals surface area contributed by atoms with Gasteiger partial charge in [-0.1, -0.05) is 13.8 Å². The lowest BCUT2D eigenvalue weighted by Crippen LogP contribution is -2.21. The molecule has 1 aromatic heterocycles. The van der Waals surface area contributed by atoms with E-state index in [2.05, 4.69) is 29.6 Å². The van der Waals surface area contributed by atoms with Crippen molar-refractivity contribution in [2.45, 2.75) is 39.2 Å². The van der Waals surface area contributed by atoms with E-state index in [9.17, 15) is 0 Å². The van der Waals surface area contributed by atoms with Crippen LogP contribution in [0.1, 0.15) is 38.4 Å². The molecular weight excluding hydrogens is 188 g/mol. The second kappa shape index (κ2) is 4.79. The smallest absolute Gasteiger partial charge is 0.111 e. The number of hydrogen-bond donors (Lipinski definition) is 0. The molecular formula is C12H20N2O. The van der Waals surface area contributed by atoms with Crippen molar-refractivity contribution in [3.8, 4) is 0 Å². The minimum Gasteiger partial charge on any atom is -0.381 e. The predicted molar refractivity (Wildman–Crippen MR) is 59.9 cm³/mol. The molecule has 2 heterocycles. The maximum atomic E-state index is 5.37. The Hall–Kier alpha value is -0.830. The summed E-state index contributed by atoms with van der Waals surface area (Å²) in [6, 6.07) is 0. The normalized spacial score (nSPS) is 18.6. The fourth-order valence-corrected chi connectivity index (χ4v) is 2.18. The zero-order chi connectivity index (χ0) is 10.7. The van der Waals surface area contributed by atoms with Crippen molar-refractivity contribution in [1.82, 2.24) is 9.55 Å². The van der Waals surface area contributed by atoms with Crippen LogP contribution in [0.5, 0.6) is 0 Å². The molecule has 0 bridgehead atoms. The van der Waals surface area contributed by atoms with E-state index in [4.69, 9.17) is 4.74 Å². The van der Waals surface area contributed by atoms with Gasteiger partial charge in [-0.25, -0.2) is 4.98 Å². The molecule has 15 heavy (non-hydrogen) atoms. The molecule has 3 heteroatoms. The first-order chi connectivity index (χ1) is 7.27. The molecule has 1 saturated heterocycles. The molecule has 1 aromatic rings. The maximum absolute atomic E-state index is 5.37. The summed E-state index contributed by atoms with van der Waals surface area (Å²) in [5.74, 6) is 2.49. The van der Waals surface area contributed by atoms with Crippen LogP contribution in [0.4, 0.5) is 0 Å². The lowest BCUT2D eigenvalue weighted by atomic mass is 10.00. The Morgan fingerprint density at radius 2 is 2.20 bits per heavy atom. The van der Waals surface area contributed by atoms with Gasteiger partial charge in [0.1, 0.15) is 5.82 Å². The van der Waals surface area contributed by atoms with Crippen LogP contribution in [0.3, 0.4) is 0 Å². The molecule has 0 spiro atoms. The lowest BCUT2D eigenvalue weighted by molar-refractivity contribution is 0.0609. The Morgan fingerprint density at radius 3 is 2.87 bits per heavy atom. The standard InChI is InChI=1S/C12H20N2O/c1-10(2)12-13-5-6-14(12)9-11-3-7-15-8-4-11/h5-6,10-11H,3-4,7-9H2,1-2H3. The van der Waals surface area contributed by atoms with E-state index in [1.165, 1.54) is 18.7 Å². The molecule has 2 rings (SSSR count). The fraction of sp³-hybridized carbons (Fsp3) is 0.750. The quantitative estimate of drug-likeness (QED) is 0.763. The summed E-state index contributed by atoms with van der Waals surface area (Å²) in [6.45, 7) is 7.36. The van der Waals surface area contributed by atoms with Gasteiger partial charge < -0.3 is 9.30 Å². The Morgan fingerprint density at radius 1 is 1.47 bits per heavy atom. The third-order valence-corrected chi connectivity index (χ3v) is 3.06. The van der Waals surface area contributed by atoms with Gasteiger partial charge in [0.15, 0.2) is 0 Å². The number of hydrogen-bond acceptors (Lipinski definition) is 2. The van der Waals surface area contributed by atoms with Crippen LogP contribution in [0.2, 0.25) is 0 Å². The van der Waals surface area contributed by atoms with E-state index in [1.807, 2.05) is 6.20 Å². The van der Waals surface area contributed by atoms with Crippen molar-refractivity contribution < 1.29 is 4.74 Å². The van der Waals surface area contributed by atoms with Gasteiger partial charge in [-0.2, -0.15) is 0 Å². The fourth-order valence-electron chi connectivity index (χ4n) is 2.18. The molecule has 84 valence electrons. The van der Waals surface area contributed by atoms with Gasteiger partial charge in [-0.3, -0.25) is 0 Å². The van der Waals surface area contributed by atoms with Crippen LogP contribution >= 0.6 is 0 Å². The molecule has 0 saturated carbocycles. The van der Waals surface area contributed by atoms with E-state index < -0.39 is 0 Å². The van der Waals surface area contributed by atoms with Gasteiger partial charge >= 0.3 is 0 Å². The second-order valence-electron chi connectivity index (χ2n) is 4.65. The largest absolute Gasteiger partial charge is 0.381 e. The van der Waals surface area contributed by atoms with Crippen molar-refractivity contribution in [2.24, 2.45) is 5.92 Å². The van der Waals surface area contributed by atoms with Crippen molar-refractivity contribution >= 4 is 0 Å². The summed E-state index contributed by atoms with van der Waals surface area (Å²) < 4.78 is 7.68. The SMILES string of the molecule is CC(C)c1nccn1CC1CCOCC1. The first-order valence-corrected chi connectivity index (χ1v) is 5.86. The molecule has 1 fully saturated rings. The number of ether oxygens (including phenoxy) is 1. The molecule has 0 aromatic carbocycles. The minimum atomic E-state index is 0.514. The molecule has 0 unspecified atom stereocenters. The van der Waals surface area contributed by atoms with Gasteiger partial charge in [-0.05, 0) is 18.8 Å². The van der Waals surface area contributed by atoms with E-state index in [0.717, 1.165) is 25.7 Å². The third kappa shape index (κ3) is 2.59. The van der Waals surface area contributed by atoms with Crippen LogP contribution in [-0.2, 0) is 11.3 Å². The highest BCUT2D eigenvalue weighted by Gasteiger charge is 2.16. The summed E-state index contributed by atoms with van der Waals surface area (Å²) in [5.41, 5.74) is 0.